The third kappa shape index (κ3) is 4.34. The molecule has 30 heavy (non-hydrogen) atoms. The minimum Gasteiger partial charge on any atom is -0.493 e. The Kier molecular flexibility index (Phi) is 6.05. The Balaban J connectivity index is 1.76. The van der Waals surface area contributed by atoms with Crippen molar-refractivity contribution in [2.24, 2.45) is 0 Å². The summed E-state index contributed by atoms with van der Waals surface area (Å²) in [7, 11) is 1.65. The van der Waals surface area contributed by atoms with Crippen molar-refractivity contribution in [1.82, 2.24) is 4.98 Å². The van der Waals surface area contributed by atoms with Crippen molar-refractivity contribution in [3.63, 3.8) is 0 Å². The molecule has 1 N–H and O–H groups in total. The molecule has 0 spiro atoms. The molecule has 3 aromatic rings. The largest absolute Gasteiger partial charge is 0.493 e. The van der Waals surface area contributed by atoms with Gasteiger partial charge < -0.3 is 14.6 Å². The van der Waals surface area contributed by atoms with E-state index in [1.165, 1.54) is 12.8 Å². The molecule has 1 heterocycles. The number of pyridine rings is 1. The molecule has 4 heteroatoms. The zero-order chi connectivity index (χ0) is 21.0. The van der Waals surface area contributed by atoms with E-state index in [9.17, 15) is 5.11 Å². The molecule has 0 amide bonds. The molecule has 0 radical (unpaired) electrons. The second-order valence-corrected chi connectivity index (χ2v) is 8.12. The molecule has 1 aliphatic rings. The predicted octanol–water partition coefficient (Wildman–Crippen LogP) is 5.20. The van der Waals surface area contributed by atoms with Crippen LogP contribution in [0.4, 0.5) is 0 Å². The first-order valence-corrected chi connectivity index (χ1v) is 10.6. The fourth-order valence-corrected chi connectivity index (χ4v) is 4.25. The van der Waals surface area contributed by atoms with E-state index in [4.69, 9.17) is 9.47 Å². The summed E-state index contributed by atoms with van der Waals surface area (Å²) in [5.74, 6) is 1.38. The first kappa shape index (κ1) is 20.4. The fourth-order valence-electron chi connectivity index (χ4n) is 4.25. The van der Waals surface area contributed by atoms with Crippen LogP contribution < -0.4 is 9.47 Å². The molecule has 1 fully saturated rings. The maximum atomic E-state index is 12.0. The molecule has 156 valence electrons. The normalized spacial score (nSPS) is 16.2. The van der Waals surface area contributed by atoms with E-state index in [-0.39, 0.29) is 6.10 Å². The maximum absolute atomic E-state index is 12.0. The van der Waals surface area contributed by atoms with Gasteiger partial charge in [0.1, 0.15) is 5.60 Å². The number of rotatable bonds is 7. The number of hydrogen-bond donors (Lipinski definition) is 1. The molecule has 1 unspecified atom stereocenters. The van der Waals surface area contributed by atoms with E-state index in [1.807, 2.05) is 67.6 Å². The summed E-state index contributed by atoms with van der Waals surface area (Å²) in [6, 6.07) is 19.5. The Morgan fingerprint density at radius 2 is 1.73 bits per heavy atom. The zero-order valence-corrected chi connectivity index (χ0v) is 17.7. The molecule has 1 aromatic heterocycles. The van der Waals surface area contributed by atoms with Crippen LogP contribution in [0.15, 0.2) is 66.9 Å². The third-order valence-electron chi connectivity index (χ3n) is 5.90. The molecule has 0 bridgehead atoms. The lowest BCUT2D eigenvalue weighted by atomic mass is 9.82. The molecule has 4 nitrogen and oxygen atoms in total. The van der Waals surface area contributed by atoms with Crippen LogP contribution in [0.1, 0.15) is 48.1 Å². The molecular weight excluding hydrogens is 374 g/mol. The summed E-state index contributed by atoms with van der Waals surface area (Å²) in [5, 5.41) is 12.0. The molecule has 0 aliphatic heterocycles. The van der Waals surface area contributed by atoms with Crippen molar-refractivity contribution >= 4 is 0 Å². The quantitative estimate of drug-likeness (QED) is 0.589. The summed E-state index contributed by atoms with van der Waals surface area (Å²) in [4.78, 5) is 4.50. The molecule has 2 aromatic carbocycles. The number of hydrogen-bond acceptors (Lipinski definition) is 4. The number of methoxy groups -OCH3 is 1. The van der Waals surface area contributed by atoms with Crippen LogP contribution in [0, 0.1) is 6.92 Å². The van der Waals surface area contributed by atoms with Gasteiger partial charge >= 0.3 is 0 Å². The van der Waals surface area contributed by atoms with E-state index in [0.29, 0.717) is 17.9 Å². The Hall–Kier alpha value is -2.85. The van der Waals surface area contributed by atoms with Crippen LogP contribution in [0.5, 0.6) is 11.5 Å². The number of nitrogens with zero attached hydrogens (tertiary/aromatic N) is 1. The van der Waals surface area contributed by atoms with Crippen molar-refractivity contribution in [2.75, 3.05) is 7.11 Å². The molecule has 4 rings (SSSR count). The Labute approximate surface area is 178 Å². The lowest BCUT2D eigenvalue weighted by Crippen LogP contribution is -2.30. The van der Waals surface area contributed by atoms with Gasteiger partial charge in [0.15, 0.2) is 11.5 Å². The summed E-state index contributed by atoms with van der Waals surface area (Å²) in [6.07, 6.45) is 6.87. The summed E-state index contributed by atoms with van der Waals surface area (Å²) >= 11 is 0. The van der Waals surface area contributed by atoms with Gasteiger partial charge in [-0.2, -0.15) is 0 Å². The van der Waals surface area contributed by atoms with Crippen molar-refractivity contribution in [3.05, 3.63) is 89.2 Å². The minimum atomic E-state index is -1.23. The Morgan fingerprint density at radius 3 is 2.43 bits per heavy atom. The average molecular weight is 404 g/mol. The van der Waals surface area contributed by atoms with Crippen LogP contribution in [-0.4, -0.2) is 23.3 Å². The average Bonchev–Trinajstić information content (AvgIpc) is 3.27. The van der Waals surface area contributed by atoms with Gasteiger partial charge in [-0.1, -0.05) is 36.4 Å². The number of benzene rings is 2. The highest BCUT2D eigenvalue weighted by atomic mass is 16.5. The highest BCUT2D eigenvalue weighted by molar-refractivity contribution is 5.48. The first-order chi connectivity index (χ1) is 14.6. The van der Waals surface area contributed by atoms with Crippen molar-refractivity contribution in [3.8, 4) is 11.5 Å². The van der Waals surface area contributed by atoms with E-state index in [0.717, 1.165) is 35.2 Å². The molecule has 1 saturated carbocycles. The summed E-state index contributed by atoms with van der Waals surface area (Å²) < 4.78 is 11.8. The van der Waals surface area contributed by atoms with Crippen LogP contribution in [0.2, 0.25) is 0 Å². The molecule has 1 atom stereocenters. The Morgan fingerprint density at radius 1 is 0.967 bits per heavy atom. The third-order valence-corrected chi connectivity index (χ3v) is 5.90. The fraction of sp³-hybridized carbons (Fsp3) is 0.346. The SMILES string of the molecule is COc1ccc(C(O)(Cc2cc(C)ccn2)c2ccccc2)cc1OC1CCCC1. The lowest BCUT2D eigenvalue weighted by Gasteiger charge is -2.30. The zero-order valence-electron chi connectivity index (χ0n) is 17.7. The summed E-state index contributed by atoms with van der Waals surface area (Å²) in [6.45, 7) is 2.04. The maximum Gasteiger partial charge on any atom is 0.161 e. The number of ether oxygens (including phenoxy) is 2. The number of aryl methyl sites for hydroxylation is 1. The lowest BCUT2D eigenvalue weighted by molar-refractivity contribution is 0.0793. The predicted molar refractivity (Wildman–Crippen MR) is 118 cm³/mol. The van der Waals surface area contributed by atoms with Gasteiger partial charge in [-0.25, -0.2) is 0 Å². The topological polar surface area (TPSA) is 51.6 Å². The van der Waals surface area contributed by atoms with Crippen LogP contribution in [-0.2, 0) is 12.0 Å². The monoisotopic (exact) mass is 403 g/mol. The molecule has 0 saturated heterocycles. The van der Waals surface area contributed by atoms with Gasteiger partial charge in [0.2, 0.25) is 0 Å². The van der Waals surface area contributed by atoms with E-state index >= 15 is 0 Å². The van der Waals surface area contributed by atoms with Crippen molar-refractivity contribution in [2.45, 2.75) is 50.7 Å². The second-order valence-electron chi connectivity index (χ2n) is 8.12. The van der Waals surface area contributed by atoms with Gasteiger partial charge in [0.25, 0.3) is 0 Å². The highest BCUT2D eigenvalue weighted by Gasteiger charge is 2.33. The number of aliphatic hydroxyl groups is 1. The smallest absolute Gasteiger partial charge is 0.161 e. The van der Waals surface area contributed by atoms with Crippen molar-refractivity contribution in [1.29, 1.82) is 0 Å². The van der Waals surface area contributed by atoms with Gasteiger partial charge in [0, 0.05) is 18.3 Å². The Bertz CT molecular complexity index is 983. The van der Waals surface area contributed by atoms with Gasteiger partial charge in [-0.15, -0.1) is 0 Å². The van der Waals surface area contributed by atoms with Crippen LogP contribution in [0.3, 0.4) is 0 Å². The molecule has 1 aliphatic carbocycles. The summed E-state index contributed by atoms with van der Waals surface area (Å²) in [5.41, 5.74) is 2.32. The number of aromatic nitrogens is 1. The van der Waals surface area contributed by atoms with E-state index < -0.39 is 5.60 Å². The van der Waals surface area contributed by atoms with Gasteiger partial charge in [-0.3, -0.25) is 4.98 Å². The highest BCUT2D eigenvalue weighted by Crippen LogP contribution is 2.39. The van der Waals surface area contributed by atoms with E-state index in [1.54, 1.807) is 13.3 Å². The second kappa shape index (κ2) is 8.88. The standard InChI is InChI=1S/C26H29NO3/c1-19-14-15-27-22(16-19)18-26(28,20-8-4-3-5-9-20)21-12-13-24(29-2)25(17-21)30-23-10-6-7-11-23/h3-5,8-9,12-17,23,28H,6-7,10-11,18H2,1-2H3. The first-order valence-electron chi connectivity index (χ1n) is 10.6. The molecular formula is C26H29NO3. The van der Waals surface area contributed by atoms with Crippen LogP contribution in [0.25, 0.3) is 0 Å². The van der Waals surface area contributed by atoms with Crippen LogP contribution >= 0.6 is 0 Å². The van der Waals surface area contributed by atoms with Gasteiger partial charge in [0.05, 0.1) is 13.2 Å². The minimum absolute atomic E-state index is 0.206. The van der Waals surface area contributed by atoms with Gasteiger partial charge in [-0.05, 0) is 73.6 Å². The van der Waals surface area contributed by atoms with Crippen molar-refractivity contribution < 1.29 is 14.6 Å². The van der Waals surface area contributed by atoms with E-state index in [2.05, 4.69) is 4.98 Å².